The lowest BCUT2D eigenvalue weighted by atomic mass is 10.0. The van der Waals surface area contributed by atoms with Crippen LogP contribution in [0.5, 0.6) is 5.75 Å². The maximum absolute atomic E-state index is 12.9. The Bertz CT molecular complexity index is 1050. The average Bonchev–Trinajstić information content (AvgIpc) is 3.48. The summed E-state index contributed by atoms with van der Waals surface area (Å²) in [6.07, 6.45) is 7.96. The number of hydrogen-bond acceptors (Lipinski definition) is 6. The Morgan fingerprint density at radius 2 is 1.90 bits per heavy atom. The molecule has 7 nitrogen and oxygen atoms in total. The summed E-state index contributed by atoms with van der Waals surface area (Å²) in [4.78, 5) is 21.9. The smallest absolute Gasteiger partial charge is 0.226 e. The molecule has 4 heterocycles. The fourth-order valence-corrected chi connectivity index (χ4v) is 4.77. The molecule has 2 saturated heterocycles. The number of methoxy groups -OCH3 is 1. The Kier molecular flexibility index (Phi) is 4.75. The van der Waals surface area contributed by atoms with E-state index in [-0.39, 0.29) is 5.43 Å². The SMILES string of the molecule is COc1ccc2c(=O)cc(N3CCC(N4CCCC4)CC3)n(-c3cnco3)c2c1. The first kappa shape index (κ1) is 18.2. The Balaban J connectivity index is 1.56. The van der Waals surface area contributed by atoms with Crippen LogP contribution in [0.2, 0.25) is 0 Å². The van der Waals surface area contributed by atoms with E-state index in [2.05, 4.69) is 14.8 Å². The van der Waals surface area contributed by atoms with Crippen LogP contribution in [0.25, 0.3) is 16.8 Å². The molecular weight excluding hydrogens is 368 g/mol. The highest BCUT2D eigenvalue weighted by Gasteiger charge is 2.28. The molecule has 2 aliphatic rings. The van der Waals surface area contributed by atoms with E-state index >= 15 is 0 Å². The van der Waals surface area contributed by atoms with Gasteiger partial charge in [-0.15, -0.1) is 0 Å². The Morgan fingerprint density at radius 1 is 1.10 bits per heavy atom. The van der Waals surface area contributed by atoms with E-state index < -0.39 is 0 Å². The topological polar surface area (TPSA) is 63.7 Å². The molecule has 0 radical (unpaired) electrons. The fourth-order valence-electron chi connectivity index (χ4n) is 4.77. The third-order valence-corrected chi connectivity index (χ3v) is 6.29. The summed E-state index contributed by atoms with van der Waals surface area (Å²) >= 11 is 0. The molecule has 0 bridgehead atoms. The molecular formula is C22H26N4O3. The Labute approximate surface area is 169 Å². The van der Waals surface area contributed by atoms with Gasteiger partial charge in [-0.3, -0.25) is 9.36 Å². The number of pyridine rings is 1. The van der Waals surface area contributed by atoms with Crippen molar-refractivity contribution in [2.75, 3.05) is 38.2 Å². The highest BCUT2D eigenvalue weighted by molar-refractivity contribution is 5.84. The monoisotopic (exact) mass is 394 g/mol. The number of anilines is 1. The second-order valence-corrected chi connectivity index (χ2v) is 7.89. The molecule has 2 aliphatic heterocycles. The van der Waals surface area contributed by atoms with E-state index in [1.165, 1.54) is 32.3 Å². The van der Waals surface area contributed by atoms with Crippen LogP contribution in [0.15, 0.2) is 46.1 Å². The first-order chi connectivity index (χ1) is 14.2. The zero-order valence-corrected chi connectivity index (χ0v) is 16.7. The van der Waals surface area contributed by atoms with Crippen molar-refractivity contribution < 1.29 is 9.15 Å². The van der Waals surface area contributed by atoms with Gasteiger partial charge in [0.1, 0.15) is 11.6 Å². The van der Waals surface area contributed by atoms with Crippen LogP contribution in [-0.4, -0.2) is 53.8 Å². The fraction of sp³-hybridized carbons (Fsp3) is 0.455. The minimum Gasteiger partial charge on any atom is -0.497 e. The van der Waals surface area contributed by atoms with Crippen molar-refractivity contribution in [2.45, 2.75) is 31.7 Å². The number of rotatable bonds is 4. The number of aromatic nitrogens is 2. The largest absolute Gasteiger partial charge is 0.497 e. The van der Waals surface area contributed by atoms with Gasteiger partial charge in [0.05, 0.1) is 18.8 Å². The van der Waals surface area contributed by atoms with Gasteiger partial charge in [0.25, 0.3) is 0 Å². The van der Waals surface area contributed by atoms with Gasteiger partial charge in [0, 0.05) is 36.7 Å². The van der Waals surface area contributed by atoms with Crippen LogP contribution in [0.4, 0.5) is 5.82 Å². The maximum Gasteiger partial charge on any atom is 0.226 e. The summed E-state index contributed by atoms with van der Waals surface area (Å²) in [6.45, 7) is 4.29. The normalized spacial score (nSPS) is 18.6. The maximum atomic E-state index is 12.9. The van der Waals surface area contributed by atoms with Crippen molar-refractivity contribution in [2.24, 2.45) is 0 Å². The first-order valence-corrected chi connectivity index (χ1v) is 10.4. The van der Waals surface area contributed by atoms with Crippen LogP contribution in [0, 0.1) is 0 Å². The van der Waals surface area contributed by atoms with E-state index in [9.17, 15) is 4.79 Å². The minimum absolute atomic E-state index is 0.00934. The Morgan fingerprint density at radius 3 is 2.59 bits per heavy atom. The van der Waals surface area contributed by atoms with Gasteiger partial charge in [-0.1, -0.05) is 0 Å². The molecule has 29 heavy (non-hydrogen) atoms. The zero-order chi connectivity index (χ0) is 19.8. The minimum atomic E-state index is 0.00934. The van der Waals surface area contributed by atoms with Gasteiger partial charge in [-0.25, -0.2) is 4.98 Å². The number of ether oxygens (including phenoxy) is 1. The van der Waals surface area contributed by atoms with Crippen molar-refractivity contribution in [3.05, 3.63) is 47.1 Å². The number of oxazole rings is 1. The van der Waals surface area contributed by atoms with Crippen LogP contribution in [-0.2, 0) is 0 Å². The highest BCUT2D eigenvalue weighted by atomic mass is 16.5. The lowest BCUT2D eigenvalue weighted by Gasteiger charge is -2.38. The average molecular weight is 394 g/mol. The second kappa shape index (κ2) is 7.55. The van der Waals surface area contributed by atoms with Gasteiger partial charge in [0.15, 0.2) is 11.8 Å². The van der Waals surface area contributed by atoms with Gasteiger partial charge in [-0.2, -0.15) is 0 Å². The quantitative estimate of drug-likeness (QED) is 0.678. The second-order valence-electron chi connectivity index (χ2n) is 7.89. The molecule has 3 aromatic rings. The lowest BCUT2D eigenvalue weighted by molar-refractivity contribution is 0.207. The number of hydrogen-bond donors (Lipinski definition) is 0. The van der Waals surface area contributed by atoms with Gasteiger partial charge in [0.2, 0.25) is 5.88 Å². The number of likely N-dealkylation sites (tertiary alicyclic amines) is 1. The third-order valence-electron chi connectivity index (χ3n) is 6.29. The molecule has 0 N–H and O–H groups in total. The molecule has 1 aromatic carbocycles. The molecule has 0 spiro atoms. The molecule has 152 valence electrons. The first-order valence-electron chi connectivity index (χ1n) is 10.4. The standard InChI is InChI=1S/C22H26N4O3/c1-28-17-4-5-18-19(12-17)26(22-14-23-15-29-22)21(13-20(18)27)25-10-6-16(7-11-25)24-8-2-3-9-24/h4-5,12-16H,2-3,6-11H2,1H3. The predicted octanol–water partition coefficient (Wildman–Crippen LogP) is 3.05. The zero-order valence-electron chi connectivity index (χ0n) is 16.7. The number of fused-ring (bicyclic) bond motifs is 1. The van der Waals surface area contributed by atoms with Crippen molar-refractivity contribution >= 4 is 16.7 Å². The van der Waals surface area contributed by atoms with Crippen LogP contribution in [0.3, 0.4) is 0 Å². The van der Waals surface area contributed by atoms with Crippen LogP contribution in [0.1, 0.15) is 25.7 Å². The third kappa shape index (κ3) is 3.29. The number of benzene rings is 1. The summed E-state index contributed by atoms with van der Waals surface area (Å²) in [6, 6.07) is 7.90. The molecule has 0 amide bonds. The molecule has 0 unspecified atom stereocenters. The van der Waals surface area contributed by atoms with E-state index in [0.717, 1.165) is 37.3 Å². The molecule has 0 aliphatic carbocycles. The predicted molar refractivity (Wildman–Crippen MR) is 112 cm³/mol. The Hall–Kier alpha value is -2.80. The van der Waals surface area contributed by atoms with E-state index in [4.69, 9.17) is 9.15 Å². The van der Waals surface area contributed by atoms with E-state index in [1.807, 2.05) is 22.8 Å². The van der Waals surface area contributed by atoms with E-state index in [1.54, 1.807) is 19.4 Å². The van der Waals surface area contributed by atoms with Crippen molar-refractivity contribution in [1.29, 1.82) is 0 Å². The van der Waals surface area contributed by atoms with Crippen molar-refractivity contribution in [3.8, 4) is 11.6 Å². The summed E-state index contributed by atoms with van der Waals surface area (Å²) in [5.74, 6) is 2.15. The molecule has 5 rings (SSSR count). The summed E-state index contributed by atoms with van der Waals surface area (Å²) in [5.41, 5.74) is 0.778. The number of piperidine rings is 1. The van der Waals surface area contributed by atoms with Crippen molar-refractivity contribution in [1.82, 2.24) is 14.5 Å². The van der Waals surface area contributed by atoms with Crippen molar-refractivity contribution in [3.63, 3.8) is 0 Å². The van der Waals surface area contributed by atoms with Gasteiger partial charge in [-0.05, 0) is 50.9 Å². The molecule has 2 aromatic heterocycles. The summed E-state index contributed by atoms with van der Waals surface area (Å²) in [7, 11) is 1.63. The number of nitrogens with zero attached hydrogens (tertiary/aromatic N) is 4. The molecule has 0 atom stereocenters. The van der Waals surface area contributed by atoms with Gasteiger partial charge < -0.3 is 19.0 Å². The highest BCUT2D eigenvalue weighted by Crippen LogP contribution is 2.30. The van der Waals surface area contributed by atoms with Crippen LogP contribution < -0.4 is 15.1 Å². The molecule has 2 fully saturated rings. The summed E-state index contributed by atoms with van der Waals surface area (Å²) < 4.78 is 13.0. The van der Waals surface area contributed by atoms with Crippen LogP contribution >= 0.6 is 0 Å². The molecule has 7 heteroatoms. The summed E-state index contributed by atoms with van der Waals surface area (Å²) in [5, 5.41) is 0.637. The van der Waals surface area contributed by atoms with Gasteiger partial charge >= 0.3 is 0 Å². The lowest BCUT2D eigenvalue weighted by Crippen LogP contribution is -2.44. The molecule has 0 saturated carbocycles. The van der Waals surface area contributed by atoms with E-state index in [0.29, 0.717) is 23.1 Å².